The first kappa shape index (κ1) is 12.0. The van der Waals surface area contributed by atoms with Crippen LogP contribution in [0.1, 0.15) is 37.3 Å². The van der Waals surface area contributed by atoms with Crippen LogP contribution in [0.25, 0.3) is 17.0 Å². The average Bonchev–Trinajstić information content (AvgIpc) is 3.03. The van der Waals surface area contributed by atoms with Gasteiger partial charge < -0.3 is 4.57 Å². The SMILES string of the molecule is O=[N+]([O-])/C=C/c1cn(C2CCCC2)c2ccccc12. The van der Waals surface area contributed by atoms with Gasteiger partial charge in [0, 0.05) is 34.8 Å². The third kappa shape index (κ3) is 2.26. The van der Waals surface area contributed by atoms with Gasteiger partial charge in [0.1, 0.15) is 0 Å². The summed E-state index contributed by atoms with van der Waals surface area (Å²) in [6, 6.07) is 8.67. The second kappa shape index (κ2) is 4.88. The zero-order valence-corrected chi connectivity index (χ0v) is 10.7. The van der Waals surface area contributed by atoms with Crippen LogP contribution in [-0.2, 0) is 0 Å². The van der Waals surface area contributed by atoms with Crippen molar-refractivity contribution in [3.05, 3.63) is 52.3 Å². The summed E-state index contributed by atoms with van der Waals surface area (Å²) in [6.07, 6.45) is 9.62. The van der Waals surface area contributed by atoms with Gasteiger partial charge in [-0.15, -0.1) is 0 Å². The summed E-state index contributed by atoms with van der Waals surface area (Å²) < 4.78 is 2.29. The van der Waals surface area contributed by atoms with Crippen molar-refractivity contribution in [2.45, 2.75) is 31.7 Å². The van der Waals surface area contributed by atoms with E-state index in [0.29, 0.717) is 6.04 Å². The van der Waals surface area contributed by atoms with Crippen LogP contribution in [0.5, 0.6) is 0 Å². The Kier molecular flexibility index (Phi) is 3.07. The van der Waals surface area contributed by atoms with Gasteiger partial charge in [-0.25, -0.2) is 0 Å². The second-order valence-electron chi connectivity index (χ2n) is 5.05. The quantitative estimate of drug-likeness (QED) is 0.615. The summed E-state index contributed by atoms with van der Waals surface area (Å²) in [5.74, 6) is 0. The molecule has 1 aromatic carbocycles. The van der Waals surface area contributed by atoms with E-state index in [2.05, 4.69) is 16.8 Å². The number of nitro groups is 1. The van der Waals surface area contributed by atoms with E-state index in [1.807, 2.05) is 18.2 Å². The highest BCUT2D eigenvalue weighted by atomic mass is 16.6. The first-order valence-electron chi connectivity index (χ1n) is 6.67. The molecule has 0 amide bonds. The van der Waals surface area contributed by atoms with Crippen molar-refractivity contribution in [2.24, 2.45) is 0 Å². The van der Waals surface area contributed by atoms with Crippen molar-refractivity contribution >= 4 is 17.0 Å². The molecule has 1 aromatic heterocycles. The highest BCUT2D eigenvalue weighted by molar-refractivity contribution is 5.89. The molecule has 0 atom stereocenters. The Balaban J connectivity index is 2.10. The number of benzene rings is 1. The molecule has 4 nitrogen and oxygen atoms in total. The third-order valence-corrected chi connectivity index (χ3v) is 3.87. The molecule has 0 unspecified atom stereocenters. The Morgan fingerprint density at radius 1 is 1.26 bits per heavy atom. The lowest BCUT2D eigenvalue weighted by molar-refractivity contribution is -0.400. The Morgan fingerprint density at radius 2 is 2.00 bits per heavy atom. The molecule has 1 fully saturated rings. The fourth-order valence-electron chi connectivity index (χ4n) is 2.99. The lowest BCUT2D eigenvalue weighted by Gasteiger charge is -2.12. The zero-order valence-electron chi connectivity index (χ0n) is 10.7. The number of nitrogens with zero attached hydrogens (tertiary/aromatic N) is 2. The van der Waals surface area contributed by atoms with Crippen molar-refractivity contribution < 1.29 is 4.92 Å². The van der Waals surface area contributed by atoms with Crippen LogP contribution < -0.4 is 0 Å². The largest absolute Gasteiger partial charge is 0.344 e. The van der Waals surface area contributed by atoms with Gasteiger partial charge in [0.2, 0.25) is 6.20 Å². The summed E-state index contributed by atoms with van der Waals surface area (Å²) in [7, 11) is 0. The fourth-order valence-corrected chi connectivity index (χ4v) is 2.99. The van der Waals surface area contributed by atoms with Crippen molar-refractivity contribution in [1.29, 1.82) is 0 Å². The molecule has 98 valence electrons. The smallest absolute Gasteiger partial charge is 0.235 e. The number of para-hydroxylation sites is 1. The van der Waals surface area contributed by atoms with Gasteiger partial charge in [0.15, 0.2) is 0 Å². The van der Waals surface area contributed by atoms with Crippen LogP contribution >= 0.6 is 0 Å². The minimum Gasteiger partial charge on any atom is -0.344 e. The maximum Gasteiger partial charge on any atom is 0.235 e. The predicted molar refractivity (Wildman–Crippen MR) is 75.5 cm³/mol. The normalized spacial score (nSPS) is 16.6. The summed E-state index contributed by atoms with van der Waals surface area (Å²) in [5, 5.41) is 11.6. The van der Waals surface area contributed by atoms with E-state index in [1.165, 1.54) is 31.2 Å². The molecule has 0 bridgehead atoms. The monoisotopic (exact) mass is 256 g/mol. The molecule has 3 rings (SSSR count). The number of aromatic nitrogens is 1. The van der Waals surface area contributed by atoms with Crippen LogP contribution in [-0.4, -0.2) is 9.49 Å². The number of fused-ring (bicyclic) bond motifs is 1. The van der Waals surface area contributed by atoms with Gasteiger partial charge in [0.05, 0.1) is 4.92 Å². The van der Waals surface area contributed by atoms with Gasteiger partial charge >= 0.3 is 0 Å². The van der Waals surface area contributed by atoms with E-state index in [1.54, 1.807) is 6.08 Å². The molecule has 1 aliphatic carbocycles. The number of hydrogen-bond acceptors (Lipinski definition) is 2. The fraction of sp³-hybridized carbons (Fsp3) is 0.333. The summed E-state index contributed by atoms with van der Waals surface area (Å²) in [4.78, 5) is 10.1. The maximum absolute atomic E-state index is 10.5. The predicted octanol–water partition coefficient (Wildman–Crippen LogP) is 4.00. The lowest BCUT2D eigenvalue weighted by Crippen LogP contribution is -2.02. The molecule has 1 heterocycles. The van der Waals surface area contributed by atoms with Crippen molar-refractivity contribution in [3.63, 3.8) is 0 Å². The molecule has 0 saturated heterocycles. The standard InChI is InChI=1S/C15H16N2O2/c18-17(19)10-9-12-11-16(13-5-1-2-6-13)15-8-4-3-7-14(12)15/h3-4,7-11,13H,1-2,5-6H2/b10-9+. The minimum atomic E-state index is -0.415. The van der Waals surface area contributed by atoms with Gasteiger partial charge in [-0.2, -0.15) is 0 Å². The summed E-state index contributed by atoms with van der Waals surface area (Å²) in [6.45, 7) is 0. The van der Waals surface area contributed by atoms with Gasteiger partial charge in [-0.1, -0.05) is 31.0 Å². The van der Waals surface area contributed by atoms with Crippen molar-refractivity contribution in [1.82, 2.24) is 4.57 Å². The second-order valence-corrected chi connectivity index (χ2v) is 5.05. The van der Waals surface area contributed by atoms with E-state index in [9.17, 15) is 10.1 Å². The van der Waals surface area contributed by atoms with Gasteiger partial charge in [-0.05, 0) is 18.9 Å². The first-order chi connectivity index (χ1) is 9.25. The van der Waals surface area contributed by atoms with Crippen LogP contribution in [0.3, 0.4) is 0 Å². The van der Waals surface area contributed by atoms with E-state index < -0.39 is 4.92 Å². The van der Waals surface area contributed by atoms with Gasteiger partial charge in [-0.3, -0.25) is 10.1 Å². The summed E-state index contributed by atoms with van der Waals surface area (Å²) >= 11 is 0. The van der Waals surface area contributed by atoms with Crippen molar-refractivity contribution in [2.75, 3.05) is 0 Å². The van der Waals surface area contributed by atoms with E-state index in [-0.39, 0.29) is 0 Å². The summed E-state index contributed by atoms with van der Waals surface area (Å²) in [5.41, 5.74) is 2.11. The lowest BCUT2D eigenvalue weighted by atomic mass is 10.2. The topological polar surface area (TPSA) is 48.1 Å². The van der Waals surface area contributed by atoms with Crippen LogP contribution in [0, 0.1) is 10.1 Å². The van der Waals surface area contributed by atoms with E-state index in [4.69, 9.17) is 0 Å². The molecule has 4 heteroatoms. The van der Waals surface area contributed by atoms with Crippen LogP contribution in [0.15, 0.2) is 36.7 Å². The number of hydrogen-bond donors (Lipinski definition) is 0. The van der Waals surface area contributed by atoms with E-state index >= 15 is 0 Å². The molecule has 0 spiro atoms. The third-order valence-electron chi connectivity index (χ3n) is 3.87. The highest BCUT2D eigenvalue weighted by Gasteiger charge is 2.19. The Labute approximate surface area is 111 Å². The van der Waals surface area contributed by atoms with E-state index in [0.717, 1.165) is 17.1 Å². The highest BCUT2D eigenvalue weighted by Crippen LogP contribution is 2.34. The Hall–Kier alpha value is -2.10. The Bertz CT molecular complexity index is 637. The molecular formula is C15H16N2O2. The maximum atomic E-state index is 10.5. The number of rotatable bonds is 3. The molecule has 0 radical (unpaired) electrons. The molecule has 1 aliphatic rings. The molecule has 0 aliphatic heterocycles. The van der Waals surface area contributed by atoms with Gasteiger partial charge in [0.25, 0.3) is 0 Å². The first-order valence-corrected chi connectivity index (χ1v) is 6.67. The zero-order chi connectivity index (χ0) is 13.2. The van der Waals surface area contributed by atoms with Crippen LogP contribution in [0.4, 0.5) is 0 Å². The van der Waals surface area contributed by atoms with Crippen LogP contribution in [0.2, 0.25) is 0 Å². The minimum absolute atomic E-state index is 0.415. The molecule has 0 N–H and O–H groups in total. The average molecular weight is 256 g/mol. The molecular weight excluding hydrogens is 240 g/mol. The molecule has 19 heavy (non-hydrogen) atoms. The molecule has 1 saturated carbocycles. The molecule has 2 aromatic rings. The Morgan fingerprint density at radius 3 is 2.74 bits per heavy atom. The van der Waals surface area contributed by atoms with Crippen molar-refractivity contribution in [3.8, 4) is 0 Å².